The van der Waals surface area contributed by atoms with Crippen LogP contribution in [0.15, 0.2) is 0 Å². The molecule has 0 bridgehead atoms. The van der Waals surface area contributed by atoms with Gasteiger partial charge in [0.2, 0.25) is 15.9 Å². The van der Waals surface area contributed by atoms with E-state index in [1.54, 1.807) is 0 Å². The highest BCUT2D eigenvalue weighted by Gasteiger charge is 2.03. The molecule has 6 nitrogen and oxygen atoms in total. The minimum absolute atomic E-state index is 0.0394. The van der Waals surface area contributed by atoms with E-state index < -0.39 is 10.0 Å². The smallest absolute Gasteiger partial charge is 0.221 e. The molecule has 0 unspecified atom stereocenters. The molecule has 0 heterocycles. The molecular formula is C5H13N3O3S. The summed E-state index contributed by atoms with van der Waals surface area (Å²) in [5.74, 6) is -0.510. The van der Waals surface area contributed by atoms with Crippen LogP contribution in [-0.4, -0.2) is 33.2 Å². The maximum Gasteiger partial charge on any atom is 0.221 e. The lowest BCUT2D eigenvalue weighted by atomic mass is 10.4. The van der Waals surface area contributed by atoms with Crippen LogP contribution in [0.1, 0.15) is 6.42 Å². The van der Waals surface area contributed by atoms with E-state index in [0.717, 1.165) is 0 Å². The molecule has 0 saturated heterocycles. The van der Waals surface area contributed by atoms with Gasteiger partial charge in [-0.05, 0) is 0 Å². The van der Waals surface area contributed by atoms with Gasteiger partial charge in [-0.1, -0.05) is 0 Å². The Morgan fingerprint density at radius 2 is 2.00 bits per heavy atom. The average molecular weight is 195 g/mol. The third-order valence-corrected chi connectivity index (χ3v) is 1.85. The zero-order valence-electron chi connectivity index (χ0n) is 6.62. The molecule has 0 radical (unpaired) electrons. The van der Waals surface area contributed by atoms with Crippen molar-refractivity contribution in [3.8, 4) is 0 Å². The highest BCUT2D eigenvalue weighted by molar-refractivity contribution is 7.89. The summed E-state index contributed by atoms with van der Waals surface area (Å²) >= 11 is 0. The van der Waals surface area contributed by atoms with Gasteiger partial charge in [0.25, 0.3) is 0 Å². The number of amides is 1. The summed E-state index contributed by atoms with van der Waals surface area (Å²) in [7, 11) is -3.48. The van der Waals surface area contributed by atoms with Gasteiger partial charge in [-0.2, -0.15) is 0 Å². The molecule has 5 N–H and O–H groups in total. The first-order valence-corrected chi connectivity index (χ1v) is 5.14. The van der Waals surface area contributed by atoms with Gasteiger partial charge in [0, 0.05) is 19.5 Å². The fourth-order valence-electron chi connectivity index (χ4n) is 0.552. The Morgan fingerprint density at radius 3 is 2.42 bits per heavy atom. The minimum Gasteiger partial charge on any atom is -0.355 e. The van der Waals surface area contributed by atoms with Gasteiger partial charge < -0.3 is 11.1 Å². The van der Waals surface area contributed by atoms with E-state index in [0.29, 0.717) is 0 Å². The lowest BCUT2D eigenvalue weighted by Gasteiger charge is -2.01. The van der Waals surface area contributed by atoms with E-state index in [1.165, 1.54) is 0 Å². The van der Waals surface area contributed by atoms with Crippen LogP contribution in [0.5, 0.6) is 0 Å². The van der Waals surface area contributed by atoms with Crippen molar-refractivity contribution in [2.45, 2.75) is 6.42 Å². The summed E-state index contributed by atoms with van der Waals surface area (Å²) in [4.78, 5) is 10.7. The molecule has 72 valence electrons. The third kappa shape index (κ3) is 7.45. The molecule has 0 spiro atoms. The number of carbonyl (C=O) groups is 1. The molecule has 0 atom stereocenters. The van der Waals surface area contributed by atoms with Crippen molar-refractivity contribution in [2.24, 2.45) is 10.9 Å². The van der Waals surface area contributed by atoms with Gasteiger partial charge in [0.1, 0.15) is 0 Å². The first kappa shape index (κ1) is 11.3. The molecule has 7 heteroatoms. The van der Waals surface area contributed by atoms with Crippen LogP contribution in [0.4, 0.5) is 0 Å². The van der Waals surface area contributed by atoms with E-state index in [9.17, 15) is 13.2 Å². The average Bonchev–Trinajstić information content (AvgIpc) is 1.84. The van der Waals surface area contributed by atoms with Crippen LogP contribution in [0, 0.1) is 0 Å². The number of rotatable bonds is 5. The van der Waals surface area contributed by atoms with Gasteiger partial charge in [0.05, 0.1) is 5.75 Å². The summed E-state index contributed by atoms with van der Waals surface area (Å²) in [5, 5.41) is 7.05. The Kier molecular flexibility index (Phi) is 4.79. The van der Waals surface area contributed by atoms with Crippen LogP contribution < -0.4 is 16.2 Å². The molecule has 0 aliphatic carbocycles. The SMILES string of the molecule is NCCC(=O)NCCS(N)(=O)=O. The lowest BCUT2D eigenvalue weighted by Crippen LogP contribution is -2.32. The van der Waals surface area contributed by atoms with E-state index in [2.05, 4.69) is 5.32 Å². The minimum atomic E-state index is -3.48. The monoisotopic (exact) mass is 195 g/mol. The molecule has 0 saturated carbocycles. The number of primary sulfonamides is 1. The topological polar surface area (TPSA) is 115 Å². The van der Waals surface area contributed by atoms with Gasteiger partial charge >= 0.3 is 0 Å². The predicted octanol–water partition coefficient (Wildman–Crippen LogP) is -2.26. The first-order valence-electron chi connectivity index (χ1n) is 3.43. The zero-order valence-corrected chi connectivity index (χ0v) is 7.43. The Balaban J connectivity index is 3.51. The van der Waals surface area contributed by atoms with Crippen molar-refractivity contribution in [1.82, 2.24) is 5.32 Å². The highest BCUT2D eigenvalue weighted by Crippen LogP contribution is 1.77. The maximum atomic E-state index is 10.7. The van der Waals surface area contributed by atoms with Gasteiger partial charge in [-0.15, -0.1) is 0 Å². The fraction of sp³-hybridized carbons (Fsp3) is 0.800. The van der Waals surface area contributed by atoms with E-state index in [4.69, 9.17) is 10.9 Å². The molecule has 0 fully saturated rings. The van der Waals surface area contributed by atoms with Crippen molar-refractivity contribution in [1.29, 1.82) is 0 Å². The molecule has 0 rings (SSSR count). The number of nitrogens with one attached hydrogen (secondary N) is 1. The third-order valence-electron chi connectivity index (χ3n) is 1.08. The molecule has 12 heavy (non-hydrogen) atoms. The standard InChI is InChI=1S/C5H13N3O3S/c6-2-1-5(9)8-3-4-12(7,10)11/h1-4,6H2,(H,8,9)(H2,7,10,11). The number of carbonyl (C=O) groups excluding carboxylic acids is 1. The van der Waals surface area contributed by atoms with Gasteiger partial charge in [-0.25, -0.2) is 13.6 Å². The summed E-state index contributed by atoms with van der Waals surface area (Å²) in [6, 6.07) is 0. The second-order valence-electron chi connectivity index (χ2n) is 2.26. The summed E-state index contributed by atoms with van der Waals surface area (Å²) in [5.41, 5.74) is 5.08. The van der Waals surface area contributed by atoms with Crippen molar-refractivity contribution in [2.75, 3.05) is 18.8 Å². The number of hydrogen-bond donors (Lipinski definition) is 3. The number of hydrogen-bond acceptors (Lipinski definition) is 4. The normalized spacial score (nSPS) is 11.2. The van der Waals surface area contributed by atoms with Crippen molar-refractivity contribution in [3.63, 3.8) is 0 Å². The largest absolute Gasteiger partial charge is 0.355 e. The summed E-state index contributed by atoms with van der Waals surface area (Å²) in [6.45, 7) is 0.291. The Labute approximate surface area is 71.4 Å². The molecule has 0 aliphatic rings. The Bertz CT molecular complexity index is 236. The van der Waals surface area contributed by atoms with Gasteiger partial charge in [0.15, 0.2) is 0 Å². The second kappa shape index (κ2) is 5.07. The van der Waals surface area contributed by atoms with E-state index in [-0.39, 0.29) is 31.2 Å². The van der Waals surface area contributed by atoms with Crippen LogP contribution in [0.25, 0.3) is 0 Å². The number of sulfonamides is 1. The van der Waals surface area contributed by atoms with E-state index in [1.807, 2.05) is 0 Å². The maximum absolute atomic E-state index is 10.7. The van der Waals surface area contributed by atoms with Crippen LogP contribution >= 0.6 is 0 Å². The molecule has 0 aromatic carbocycles. The molecule has 0 aromatic rings. The number of nitrogens with two attached hydrogens (primary N) is 2. The fourth-order valence-corrected chi connectivity index (χ4v) is 0.939. The summed E-state index contributed by atoms with van der Waals surface area (Å²) < 4.78 is 20.7. The predicted molar refractivity (Wildman–Crippen MR) is 44.7 cm³/mol. The summed E-state index contributed by atoms with van der Waals surface area (Å²) in [6.07, 6.45) is 0.199. The quantitative estimate of drug-likeness (QED) is 0.459. The zero-order chi connectivity index (χ0) is 9.61. The first-order chi connectivity index (χ1) is 5.45. The van der Waals surface area contributed by atoms with Crippen molar-refractivity contribution >= 4 is 15.9 Å². The van der Waals surface area contributed by atoms with Gasteiger partial charge in [-0.3, -0.25) is 4.79 Å². The van der Waals surface area contributed by atoms with Crippen LogP contribution in [-0.2, 0) is 14.8 Å². The molecule has 0 aliphatic heterocycles. The highest BCUT2D eigenvalue weighted by atomic mass is 32.2. The lowest BCUT2D eigenvalue weighted by molar-refractivity contribution is -0.120. The van der Waals surface area contributed by atoms with E-state index >= 15 is 0 Å². The Morgan fingerprint density at radius 1 is 1.42 bits per heavy atom. The van der Waals surface area contributed by atoms with Crippen molar-refractivity contribution in [3.05, 3.63) is 0 Å². The molecule has 1 amide bonds. The van der Waals surface area contributed by atoms with Crippen LogP contribution in [0.3, 0.4) is 0 Å². The molecule has 0 aromatic heterocycles. The second-order valence-corrected chi connectivity index (χ2v) is 3.99. The van der Waals surface area contributed by atoms with Crippen molar-refractivity contribution < 1.29 is 13.2 Å². The van der Waals surface area contributed by atoms with Crippen LogP contribution in [0.2, 0.25) is 0 Å². The Hall–Kier alpha value is -0.660. The molecular weight excluding hydrogens is 182 g/mol.